The number of amides is 1. The largest absolute Gasteiger partial charge is 0.355 e. The molecule has 0 aromatic heterocycles. The summed E-state index contributed by atoms with van der Waals surface area (Å²) in [5, 5.41) is 2.55. The standard InChI is InChI=1S/C9H12N2O.ClH/c1-11-9(12)8-4-2-7(6-10)3-5-8;/h2-5H,6,10H2,1H3,(H,11,12);1H. The summed E-state index contributed by atoms with van der Waals surface area (Å²) in [7, 11) is 1.61. The lowest BCUT2D eigenvalue weighted by molar-refractivity contribution is 0.0963. The lowest BCUT2D eigenvalue weighted by Gasteiger charge is -2.00. The number of rotatable bonds is 2. The van der Waals surface area contributed by atoms with Gasteiger partial charge in [-0.15, -0.1) is 12.4 Å². The number of nitrogens with one attached hydrogen (secondary N) is 1. The molecule has 0 atom stereocenters. The highest BCUT2D eigenvalue weighted by atomic mass is 35.5. The Bertz CT molecular complexity index is 271. The van der Waals surface area contributed by atoms with E-state index in [0.717, 1.165) is 5.56 Å². The molecule has 0 heterocycles. The molecule has 1 aromatic carbocycles. The third-order valence-corrected chi connectivity index (χ3v) is 1.68. The van der Waals surface area contributed by atoms with Crippen LogP contribution >= 0.6 is 12.4 Å². The second kappa shape index (κ2) is 5.56. The molecule has 0 spiro atoms. The average Bonchev–Trinajstić information content (AvgIpc) is 2.17. The van der Waals surface area contributed by atoms with Gasteiger partial charge in [0, 0.05) is 19.2 Å². The Kier molecular flexibility index (Phi) is 5.11. The molecule has 1 aromatic rings. The molecule has 0 bridgehead atoms. The Labute approximate surface area is 83.7 Å². The molecule has 0 saturated heterocycles. The Hall–Kier alpha value is -1.06. The van der Waals surface area contributed by atoms with Crippen LogP contribution in [0.5, 0.6) is 0 Å². The van der Waals surface area contributed by atoms with Crippen molar-refractivity contribution in [1.29, 1.82) is 0 Å². The van der Waals surface area contributed by atoms with Crippen molar-refractivity contribution in [2.75, 3.05) is 7.05 Å². The van der Waals surface area contributed by atoms with Crippen molar-refractivity contribution in [2.45, 2.75) is 6.54 Å². The van der Waals surface area contributed by atoms with E-state index in [4.69, 9.17) is 5.73 Å². The summed E-state index contributed by atoms with van der Waals surface area (Å²) < 4.78 is 0. The van der Waals surface area contributed by atoms with Crippen LogP contribution in [-0.4, -0.2) is 13.0 Å². The molecule has 0 aliphatic rings. The summed E-state index contributed by atoms with van der Waals surface area (Å²) in [6, 6.07) is 7.23. The summed E-state index contributed by atoms with van der Waals surface area (Å²) in [4.78, 5) is 11.1. The molecule has 1 amide bonds. The van der Waals surface area contributed by atoms with Gasteiger partial charge in [-0.2, -0.15) is 0 Å². The number of halogens is 1. The highest BCUT2D eigenvalue weighted by molar-refractivity contribution is 5.93. The second-order valence-corrected chi connectivity index (χ2v) is 2.48. The highest BCUT2D eigenvalue weighted by Crippen LogP contribution is 2.02. The van der Waals surface area contributed by atoms with Crippen LogP contribution < -0.4 is 11.1 Å². The zero-order chi connectivity index (χ0) is 8.97. The Balaban J connectivity index is 0.00000144. The molecule has 0 saturated carbocycles. The van der Waals surface area contributed by atoms with Gasteiger partial charge in [0.1, 0.15) is 0 Å². The van der Waals surface area contributed by atoms with Gasteiger partial charge in [0.05, 0.1) is 0 Å². The molecule has 0 fully saturated rings. The fraction of sp³-hybridized carbons (Fsp3) is 0.222. The van der Waals surface area contributed by atoms with Crippen molar-refractivity contribution < 1.29 is 4.79 Å². The maximum atomic E-state index is 11.1. The van der Waals surface area contributed by atoms with E-state index in [2.05, 4.69) is 5.32 Å². The Morgan fingerprint density at radius 1 is 1.38 bits per heavy atom. The number of benzene rings is 1. The van der Waals surface area contributed by atoms with Gasteiger partial charge < -0.3 is 11.1 Å². The third kappa shape index (κ3) is 3.05. The molecule has 0 radical (unpaired) electrons. The molecule has 0 aliphatic heterocycles. The highest BCUT2D eigenvalue weighted by Gasteiger charge is 2.00. The SMILES string of the molecule is CNC(=O)c1ccc(CN)cc1.Cl. The van der Waals surface area contributed by atoms with Crippen LogP contribution in [0, 0.1) is 0 Å². The van der Waals surface area contributed by atoms with Gasteiger partial charge in [-0.3, -0.25) is 4.79 Å². The van der Waals surface area contributed by atoms with E-state index in [-0.39, 0.29) is 18.3 Å². The van der Waals surface area contributed by atoms with E-state index in [1.807, 2.05) is 12.1 Å². The average molecular weight is 201 g/mol. The van der Waals surface area contributed by atoms with Crippen molar-refractivity contribution >= 4 is 18.3 Å². The molecule has 0 aliphatic carbocycles. The minimum Gasteiger partial charge on any atom is -0.355 e. The molecule has 4 heteroatoms. The summed E-state index contributed by atoms with van der Waals surface area (Å²) >= 11 is 0. The lowest BCUT2D eigenvalue weighted by atomic mass is 10.1. The van der Waals surface area contributed by atoms with Gasteiger partial charge >= 0.3 is 0 Å². The summed E-state index contributed by atoms with van der Waals surface area (Å²) in [6.45, 7) is 0.508. The summed E-state index contributed by atoms with van der Waals surface area (Å²) in [5.41, 5.74) is 7.10. The molecular weight excluding hydrogens is 188 g/mol. The van der Waals surface area contributed by atoms with Crippen LogP contribution in [0.1, 0.15) is 15.9 Å². The van der Waals surface area contributed by atoms with Crippen LogP contribution in [0.25, 0.3) is 0 Å². The van der Waals surface area contributed by atoms with E-state index in [1.165, 1.54) is 0 Å². The maximum absolute atomic E-state index is 11.1. The number of carbonyl (C=O) groups excluding carboxylic acids is 1. The van der Waals surface area contributed by atoms with Crippen LogP contribution in [0.3, 0.4) is 0 Å². The predicted molar refractivity (Wildman–Crippen MR) is 55.0 cm³/mol. The fourth-order valence-corrected chi connectivity index (χ4v) is 0.937. The van der Waals surface area contributed by atoms with Gasteiger partial charge in [0.2, 0.25) is 0 Å². The Morgan fingerprint density at radius 3 is 2.31 bits per heavy atom. The number of hydrogen-bond donors (Lipinski definition) is 2. The van der Waals surface area contributed by atoms with E-state index in [0.29, 0.717) is 12.1 Å². The van der Waals surface area contributed by atoms with Crippen molar-refractivity contribution in [3.63, 3.8) is 0 Å². The molecule has 0 unspecified atom stereocenters. The fourth-order valence-electron chi connectivity index (χ4n) is 0.937. The van der Waals surface area contributed by atoms with Crippen LogP contribution in [0.2, 0.25) is 0 Å². The first-order chi connectivity index (χ1) is 5.77. The first-order valence-electron chi connectivity index (χ1n) is 3.79. The van der Waals surface area contributed by atoms with Gasteiger partial charge in [-0.05, 0) is 17.7 Å². The number of carbonyl (C=O) groups is 1. The van der Waals surface area contributed by atoms with Gasteiger partial charge in [-0.25, -0.2) is 0 Å². The first-order valence-corrected chi connectivity index (χ1v) is 3.79. The molecule has 1 rings (SSSR count). The summed E-state index contributed by atoms with van der Waals surface area (Å²) in [5.74, 6) is -0.0708. The van der Waals surface area contributed by atoms with Gasteiger partial charge in [-0.1, -0.05) is 12.1 Å². The number of nitrogens with two attached hydrogens (primary N) is 1. The quantitative estimate of drug-likeness (QED) is 0.746. The number of hydrogen-bond acceptors (Lipinski definition) is 2. The van der Waals surface area contributed by atoms with E-state index in [1.54, 1.807) is 19.2 Å². The van der Waals surface area contributed by atoms with Crippen molar-refractivity contribution in [1.82, 2.24) is 5.32 Å². The third-order valence-electron chi connectivity index (χ3n) is 1.68. The molecule has 72 valence electrons. The minimum absolute atomic E-state index is 0. The van der Waals surface area contributed by atoms with Crippen molar-refractivity contribution in [2.24, 2.45) is 5.73 Å². The molecular formula is C9H13ClN2O. The van der Waals surface area contributed by atoms with Gasteiger partial charge in [0.25, 0.3) is 5.91 Å². The topological polar surface area (TPSA) is 55.1 Å². The minimum atomic E-state index is -0.0708. The van der Waals surface area contributed by atoms with E-state index in [9.17, 15) is 4.79 Å². The predicted octanol–water partition coefficient (Wildman–Crippen LogP) is 0.927. The molecule has 3 nitrogen and oxygen atoms in total. The second-order valence-electron chi connectivity index (χ2n) is 2.48. The zero-order valence-electron chi connectivity index (χ0n) is 7.41. The summed E-state index contributed by atoms with van der Waals surface area (Å²) in [6.07, 6.45) is 0. The smallest absolute Gasteiger partial charge is 0.251 e. The maximum Gasteiger partial charge on any atom is 0.251 e. The van der Waals surface area contributed by atoms with Gasteiger partial charge in [0.15, 0.2) is 0 Å². The van der Waals surface area contributed by atoms with Crippen LogP contribution in [0.4, 0.5) is 0 Å². The monoisotopic (exact) mass is 200 g/mol. The van der Waals surface area contributed by atoms with Crippen LogP contribution in [0.15, 0.2) is 24.3 Å². The zero-order valence-corrected chi connectivity index (χ0v) is 8.23. The van der Waals surface area contributed by atoms with Crippen molar-refractivity contribution in [3.05, 3.63) is 35.4 Å². The molecule has 3 N–H and O–H groups in total. The first kappa shape index (κ1) is 11.9. The Morgan fingerprint density at radius 2 is 1.92 bits per heavy atom. The van der Waals surface area contributed by atoms with Crippen LogP contribution in [-0.2, 0) is 6.54 Å². The van der Waals surface area contributed by atoms with E-state index >= 15 is 0 Å². The van der Waals surface area contributed by atoms with E-state index < -0.39 is 0 Å². The molecule has 13 heavy (non-hydrogen) atoms. The van der Waals surface area contributed by atoms with Crippen molar-refractivity contribution in [3.8, 4) is 0 Å². The lowest BCUT2D eigenvalue weighted by Crippen LogP contribution is -2.17. The normalized spacial score (nSPS) is 8.77.